The van der Waals surface area contributed by atoms with Gasteiger partial charge < -0.3 is 9.47 Å². The summed E-state index contributed by atoms with van der Waals surface area (Å²) in [5.41, 5.74) is 3.22. The van der Waals surface area contributed by atoms with Crippen molar-refractivity contribution in [3.05, 3.63) is 89.8 Å². The van der Waals surface area contributed by atoms with Crippen molar-refractivity contribution in [2.24, 2.45) is 0 Å². The van der Waals surface area contributed by atoms with E-state index in [1.54, 1.807) is 18.5 Å². The Morgan fingerprint density at radius 2 is 1.79 bits per heavy atom. The van der Waals surface area contributed by atoms with E-state index in [9.17, 15) is 9.18 Å². The van der Waals surface area contributed by atoms with Crippen LogP contribution in [0.4, 0.5) is 4.39 Å². The molecule has 1 aliphatic rings. The van der Waals surface area contributed by atoms with Gasteiger partial charge in [-0.25, -0.2) is 9.37 Å². The molecule has 4 rings (SSSR count). The van der Waals surface area contributed by atoms with Gasteiger partial charge in [-0.05, 0) is 30.2 Å². The van der Waals surface area contributed by atoms with Crippen LogP contribution in [0.25, 0.3) is 0 Å². The molecule has 2 aromatic carbocycles. The third-order valence-electron chi connectivity index (χ3n) is 5.52. The number of hydrogen-bond donors (Lipinski definition) is 0. The number of halogens is 1. The summed E-state index contributed by atoms with van der Waals surface area (Å²) in [6.45, 7) is 5.35. The molecule has 1 aromatic heterocycles. The lowest BCUT2D eigenvalue weighted by molar-refractivity contribution is -0.136. The number of carbonyl (C=O) groups is 1. The minimum atomic E-state index is -0.237. The first-order chi connectivity index (χ1) is 14.1. The summed E-state index contributed by atoms with van der Waals surface area (Å²) in [5, 5.41) is 0. The second-order valence-corrected chi connectivity index (χ2v) is 7.53. The summed E-state index contributed by atoms with van der Waals surface area (Å²) >= 11 is 0. The van der Waals surface area contributed by atoms with E-state index in [0.717, 1.165) is 29.9 Å². The molecular weight excluding hydrogens is 367 g/mol. The molecule has 0 N–H and O–H groups in total. The molecule has 6 heteroatoms. The van der Waals surface area contributed by atoms with E-state index in [4.69, 9.17) is 0 Å². The Labute approximate surface area is 170 Å². The first-order valence-electron chi connectivity index (χ1n) is 9.90. The number of imidazole rings is 1. The van der Waals surface area contributed by atoms with Gasteiger partial charge >= 0.3 is 0 Å². The number of carbonyl (C=O) groups excluding carboxylic acids is 1. The Morgan fingerprint density at radius 3 is 2.52 bits per heavy atom. The zero-order chi connectivity index (χ0) is 20.2. The van der Waals surface area contributed by atoms with E-state index in [1.165, 1.54) is 12.1 Å². The fourth-order valence-electron chi connectivity index (χ4n) is 3.80. The van der Waals surface area contributed by atoms with Crippen molar-refractivity contribution < 1.29 is 9.18 Å². The summed E-state index contributed by atoms with van der Waals surface area (Å²) in [4.78, 5) is 21.0. The number of nitrogens with zero attached hydrogens (tertiary/aromatic N) is 4. The average molecular weight is 392 g/mol. The molecule has 5 nitrogen and oxygen atoms in total. The molecule has 0 aliphatic carbocycles. The first kappa shape index (κ1) is 19.3. The van der Waals surface area contributed by atoms with Crippen LogP contribution in [0.1, 0.15) is 29.8 Å². The van der Waals surface area contributed by atoms with Gasteiger partial charge in [0.15, 0.2) is 0 Å². The number of amides is 1. The molecule has 1 atom stereocenters. The smallest absolute Gasteiger partial charge is 0.237 e. The molecule has 0 spiro atoms. The third kappa shape index (κ3) is 4.54. The van der Waals surface area contributed by atoms with Crippen LogP contribution in [0.3, 0.4) is 0 Å². The van der Waals surface area contributed by atoms with Crippen molar-refractivity contribution in [2.75, 3.05) is 19.6 Å². The van der Waals surface area contributed by atoms with Crippen LogP contribution >= 0.6 is 0 Å². The van der Waals surface area contributed by atoms with Crippen LogP contribution in [0, 0.1) is 5.82 Å². The van der Waals surface area contributed by atoms with Crippen LogP contribution in [0.2, 0.25) is 0 Å². The van der Waals surface area contributed by atoms with E-state index in [2.05, 4.69) is 33.5 Å². The van der Waals surface area contributed by atoms with Gasteiger partial charge in [0, 0.05) is 32.4 Å². The maximum absolute atomic E-state index is 13.2. The van der Waals surface area contributed by atoms with Gasteiger partial charge in [0.25, 0.3) is 0 Å². The Morgan fingerprint density at radius 1 is 1.03 bits per heavy atom. The molecule has 1 amide bonds. The standard InChI is InChI=1S/C23H25FN4O/c1-18(20-7-9-21(24)10-8-20)28-17-25-13-22(28)15-26-11-12-27(23(29)16-26)14-19-5-3-2-4-6-19/h2-10,13,17-18H,11-12,14-16H2,1H3/t18-/m1/s1. The van der Waals surface area contributed by atoms with Gasteiger partial charge in [-0.15, -0.1) is 0 Å². The van der Waals surface area contributed by atoms with Crippen LogP contribution in [-0.2, 0) is 17.9 Å². The van der Waals surface area contributed by atoms with Crippen molar-refractivity contribution in [1.82, 2.24) is 19.4 Å². The van der Waals surface area contributed by atoms with Crippen molar-refractivity contribution in [3.8, 4) is 0 Å². The van der Waals surface area contributed by atoms with Crippen LogP contribution in [0.15, 0.2) is 67.1 Å². The summed E-state index contributed by atoms with van der Waals surface area (Å²) in [5.74, 6) is -0.0866. The van der Waals surface area contributed by atoms with Crippen LogP contribution in [-0.4, -0.2) is 44.9 Å². The Hall–Kier alpha value is -2.99. The fourth-order valence-corrected chi connectivity index (χ4v) is 3.80. The highest BCUT2D eigenvalue weighted by molar-refractivity contribution is 5.79. The maximum Gasteiger partial charge on any atom is 0.237 e. The lowest BCUT2D eigenvalue weighted by atomic mass is 10.1. The van der Waals surface area contributed by atoms with Gasteiger partial charge in [0.2, 0.25) is 5.91 Å². The van der Waals surface area contributed by atoms with Crippen molar-refractivity contribution in [3.63, 3.8) is 0 Å². The summed E-state index contributed by atoms with van der Waals surface area (Å²) in [6, 6.07) is 16.7. The number of benzene rings is 2. The quantitative estimate of drug-likeness (QED) is 0.645. The predicted molar refractivity (Wildman–Crippen MR) is 110 cm³/mol. The maximum atomic E-state index is 13.2. The monoisotopic (exact) mass is 392 g/mol. The second-order valence-electron chi connectivity index (χ2n) is 7.53. The van der Waals surface area contributed by atoms with Gasteiger partial charge in [0.1, 0.15) is 5.82 Å². The van der Waals surface area contributed by atoms with Crippen molar-refractivity contribution >= 4 is 5.91 Å². The number of rotatable bonds is 6. The molecule has 1 fully saturated rings. The summed E-state index contributed by atoms with van der Waals surface area (Å²) in [6.07, 6.45) is 3.65. The van der Waals surface area contributed by atoms with E-state index < -0.39 is 0 Å². The predicted octanol–water partition coefficient (Wildman–Crippen LogP) is 3.48. The van der Waals surface area contributed by atoms with E-state index in [-0.39, 0.29) is 17.8 Å². The molecule has 2 heterocycles. The average Bonchev–Trinajstić information content (AvgIpc) is 3.19. The topological polar surface area (TPSA) is 41.4 Å². The molecule has 29 heavy (non-hydrogen) atoms. The molecule has 0 unspecified atom stereocenters. The highest BCUT2D eigenvalue weighted by atomic mass is 19.1. The third-order valence-corrected chi connectivity index (χ3v) is 5.52. The van der Waals surface area contributed by atoms with Crippen LogP contribution in [0.5, 0.6) is 0 Å². The Kier molecular flexibility index (Phi) is 5.71. The molecule has 0 saturated carbocycles. The zero-order valence-corrected chi connectivity index (χ0v) is 16.5. The number of aromatic nitrogens is 2. The summed E-state index contributed by atoms with van der Waals surface area (Å²) in [7, 11) is 0. The van der Waals surface area contributed by atoms with Crippen molar-refractivity contribution in [2.45, 2.75) is 26.1 Å². The molecule has 3 aromatic rings. The lowest BCUT2D eigenvalue weighted by Gasteiger charge is -2.34. The minimum Gasteiger partial charge on any atom is -0.336 e. The van der Waals surface area contributed by atoms with Crippen molar-refractivity contribution in [1.29, 1.82) is 0 Å². The molecule has 150 valence electrons. The van der Waals surface area contributed by atoms with Gasteiger partial charge in [-0.1, -0.05) is 42.5 Å². The second kappa shape index (κ2) is 8.57. The molecule has 1 aliphatic heterocycles. The molecular formula is C23H25FN4O. The summed E-state index contributed by atoms with van der Waals surface area (Å²) < 4.78 is 15.3. The molecule has 0 radical (unpaired) electrons. The molecule has 1 saturated heterocycles. The van der Waals surface area contributed by atoms with E-state index >= 15 is 0 Å². The highest BCUT2D eigenvalue weighted by Crippen LogP contribution is 2.21. The largest absolute Gasteiger partial charge is 0.336 e. The normalized spacial score (nSPS) is 16.2. The highest BCUT2D eigenvalue weighted by Gasteiger charge is 2.25. The minimum absolute atomic E-state index is 0.0446. The molecule has 0 bridgehead atoms. The van der Waals surface area contributed by atoms with E-state index in [0.29, 0.717) is 19.6 Å². The first-order valence-corrected chi connectivity index (χ1v) is 9.90. The number of hydrogen-bond acceptors (Lipinski definition) is 3. The van der Waals surface area contributed by atoms with Gasteiger partial charge in [-0.3, -0.25) is 9.69 Å². The number of piperazine rings is 1. The zero-order valence-electron chi connectivity index (χ0n) is 16.5. The van der Waals surface area contributed by atoms with E-state index in [1.807, 2.05) is 29.3 Å². The van der Waals surface area contributed by atoms with Gasteiger partial charge in [0.05, 0.1) is 24.6 Å². The Bertz CT molecular complexity index is 955. The van der Waals surface area contributed by atoms with Gasteiger partial charge in [-0.2, -0.15) is 0 Å². The lowest BCUT2D eigenvalue weighted by Crippen LogP contribution is -2.49. The SMILES string of the molecule is C[C@H](c1ccc(F)cc1)n1cncc1CN1CCN(Cc2ccccc2)C(=O)C1. The fraction of sp³-hybridized carbons (Fsp3) is 0.304. The van der Waals surface area contributed by atoms with Crippen LogP contribution < -0.4 is 0 Å². The Balaban J connectivity index is 1.39.